The number of phenolic OH excluding ortho intramolecular Hbond substituents is 1. The van der Waals surface area contributed by atoms with Crippen molar-refractivity contribution in [1.29, 1.82) is 0 Å². The van der Waals surface area contributed by atoms with Gasteiger partial charge in [0.05, 0.1) is 12.1 Å². The number of benzene rings is 1. The number of hydrogen-bond donors (Lipinski definition) is 11. The van der Waals surface area contributed by atoms with E-state index in [4.69, 9.17) is 5.73 Å². The Morgan fingerprint density at radius 1 is 0.646 bits per heavy atom. The van der Waals surface area contributed by atoms with Gasteiger partial charge in [-0.3, -0.25) is 47.9 Å². The average molecular weight is 1130 g/mol. The Morgan fingerprint density at radius 3 is 1.73 bits per heavy atom. The molecule has 0 aliphatic carbocycles. The molecule has 3 aliphatic rings. The molecule has 3 saturated heterocycles. The van der Waals surface area contributed by atoms with E-state index in [2.05, 4.69) is 31.9 Å². The Kier molecular flexibility index (Phi) is 25.3. The molecule has 79 heavy (non-hydrogen) atoms. The Bertz CT molecular complexity index is 2340. The second-order valence-corrected chi connectivity index (χ2v) is 22.2. The smallest absolute Gasteiger partial charge is 0.326 e. The molecule has 440 valence electrons. The molecule has 26 heteroatoms. The van der Waals surface area contributed by atoms with E-state index >= 15 is 0 Å². The predicted molar refractivity (Wildman–Crippen MR) is 289 cm³/mol. The van der Waals surface area contributed by atoms with Crippen molar-refractivity contribution in [2.45, 2.75) is 185 Å². The second-order valence-electron chi connectivity index (χ2n) is 21.2. The number of carboxylic acid groups (broad SMARTS) is 2. The number of carbonyl (C=O) groups excluding carboxylic acids is 9. The molecule has 1 aromatic rings. The lowest BCUT2D eigenvalue weighted by Gasteiger charge is -2.33. The van der Waals surface area contributed by atoms with E-state index in [1.165, 1.54) is 64.6 Å². The first-order chi connectivity index (χ1) is 37.3. The van der Waals surface area contributed by atoms with Crippen molar-refractivity contribution < 1.29 is 73.2 Å². The Balaban J connectivity index is 1.44. The lowest BCUT2D eigenvalue weighted by Crippen LogP contribution is -2.61. The maximum Gasteiger partial charge on any atom is 0.326 e. The van der Waals surface area contributed by atoms with Gasteiger partial charge in [-0.1, -0.05) is 46.2 Å². The number of nitrogens with one attached hydrogen (secondary N) is 6. The minimum atomic E-state index is -1.58. The van der Waals surface area contributed by atoms with Crippen LogP contribution in [0.15, 0.2) is 24.3 Å². The summed E-state index contributed by atoms with van der Waals surface area (Å²) in [5.74, 6) is -8.99. The van der Waals surface area contributed by atoms with Gasteiger partial charge in [-0.15, -0.1) is 0 Å². The molecule has 0 bridgehead atoms. The molecular formula is C53H82N10O15S. The number of thioether (sulfide) groups is 1. The molecule has 3 heterocycles. The summed E-state index contributed by atoms with van der Waals surface area (Å²) in [4.78, 5) is 153. The zero-order chi connectivity index (χ0) is 58.8. The number of likely N-dealkylation sites (tertiary alicyclic amines) is 3. The van der Waals surface area contributed by atoms with Gasteiger partial charge in [-0.25, -0.2) is 4.79 Å². The highest BCUT2D eigenvalue weighted by molar-refractivity contribution is 7.98. The molecule has 12 atom stereocenters. The molecule has 3 fully saturated rings. The van der Waals surface area contributed by atoms with Gasteiger partial charge in [0, 0.05) is 32.5 Å². The number of nitrogens with two attached hydrogens (primary N) is 1. The summed E-state index contributed by atoms with van der Waals surface area (Å²) >= 11 is 1.36. The van der Waals surface area contributed by atoms with E-state index in [-0.39, 0.29) is 75.7 Å². The fourth-order valence-corrected chi connectivity index (χ4v) is 10.4. The average Bonchev–Trinajstić information content (AvgIpc) is 4.22. The number of aliphatic carboxylic acids is 2. The summed E-state index contributed by atoms with van der Waals surface area (Å²) in [5.41, 5.74) is 6.63. The van der Waals surface area contributed by atoms with Gasteiger partial charge in [0.15, 0.2) is 0 Å². The molecule has 4 rings (SSSR count). The van der Waals surface area contributed by atoms with Crippen molar-refractivity contribution in [3.63, 3.8) is 0 Å². The van der Waals surface area contributed by atoms with Crippen molar-refractivity contribution in [1.82, 2.24) is 46.6 Å². The molecule has 3 aliphatic heterocycles. The van der Waals surface area contributed by atoms with Gasteiger partial charge >= 0.3 is 11.9 Å². The monoisotopic (exact) mass is 1130 g/mol. The van der Waals surface area contributed by atoms with E-state index in [9.17, 15) is 73.2 Å². The van der Waals surface area contributed by atoms with Gasteiger partial charge in [0.2, 0.25) is 53.2 Å². The molecule has 1 aromatic carbocycles. The predicted octanol–water partition coefficient (Wildman–Crippen LogP) is -0.661. The van der Waals surface area contributed by atoms with Crippen molar-refractivity contribution in [3.8, 4) is 5.75 Å². The Labute approximate surface area is 465 Å². The number of rotatable bonds is 29. The first-order valence-corrected chi connectivity index (χ1v) is 28.6. The van der Waals surface area contributed by atoms with Crippen LogP contribution in [0.4, 0.5) is 0 Å². The standard InChI is InChI=1S/C53H82N10O15S/c1-8-29(4)42(54)48(72)59-37(26-28(2)3)51(75)61-22-9-13-39(61)47(71)60-43(31(6)64)49(73)55-30(5)50(74)63-24-11-14-40(63)52(76)62-23-10-12-38(62)46(70)56-34(19-20-41(66)67)44(68)58-36(27-32-15-17-33(65)18-16-32)45(69)57-35(53(77)78)21-25-79-7/h15-18,28-31,34-40,42-43,64-65H,8-14,19-27,54H2,1-7H3,(H,55,73)(H,56,70)(H,57,69)(H,58,68)(H,59,72)(H,60,71)(H,66,67)(H,77,78)/t29-,30-,31+,34-,35-,36-,37-,38-,39-,40-,42-,43-/m0/s1. The molecule has 12 N–H and O–H groups in total. The van der Waals surface area contributed by atoms with Crippen LogP contribution in [-0.4, -0.2) is 198 Å². The first-order valence-electron chi connectivity index (χ1n) is 27.2. The minimum Gasteiger partial charge on any atom is -0.508 e. The van der Waals surface area contributed by atoms with Crippen LogP contribution in [0.25, 0.3) is 0 Å². The quantitative estimate of drug-likeness (QED) is 0.0474. The fraction of sp³-hybridized carbons (Fsp3) is 0.679. The zero-order valence-corrected chi connectivity index (χ0v) is 47.1. The topological polar surface area (TPSA) is 377 Å². The number of nitrogens with zero attached hydrogens (tertiary/aromatic N) is 3. The van der Waals surface area contributed by atoms with E-state index in [1.54, 1.807) is 6.26 Å². The fourth-order valence-electron chi connectivity index (χ4n) is 9.95. The minimum absolute atomic E-state index is 0.0133. The number of aliphatic hydroxyl groups excluding tert-OH is 1. The number of hydrogen-bond acceptors (Lipinski definition) is 15. The second kappa shape index (κ2) is 30.7. The van der Waals surface area contributed by atoms with Crippen LogP contribution in [0.5, 0.6) is 5.75 Å². The van der Waals surface area contributed by atoms with Gasteiger partial charge in [-0.2, -0.15) is 11.8 Å². The summed E-state index contributed by atoms with van der Waals surface area (Å²) in [5, 5.41) is 55.4. The molecule has 9 amide bonds. The molecule has 0 aromatic heterocycles. The number of aliphatic hydroxyl groups is 1. The maximum atomic E-state index is 14.4. The third-order valence-corrected chi connectivity index (χ3v) is 15.3. The number of amides is 9. The molecule has 0 spiro atoms. The molecule has 0 radical (unpaired) electrons. The Morgan fingerprint density at radius 2 is 1.18 bits per heavy atom. The van der Waals surface area contributed by atoms with Crippen molar-refractivity contribution >= 4 is 76.9 Å². The van der Waals surface area contributed by atoms with E-state index < -0.39 is 144 Å². The van der Waals surface area contributed by atoms with Crippen LogP contribution in [-0.2, 0) is 59.2 Å². The van der Waals surface area contributed by atoms with Crippen LogP contribution < -0.4 is 37.6 Å². The molecule has 0 saturated carbocycles. The van der Waals surface area contributed by atoms with Crippen molar-refractivity contribution in [2.75, 3.05) is 31.6 Å². The number of phenols is 1. The van der Waals surface area contributed by atoms with Crippen LogP contribution in [0.2, 0.25) is 0 Å². The molecular weight excluding hydrogens is 1050 g/mol. The van der Waals surface area contributed by atoms with Gasteiger partial charge in [-0.05, 0) is 113 Å². The molecule has 25 nitrogen and oxygen atoms in total. The summed E-state index contributed by atoms with van der Waals surface area (Å²) in [6, 6.07) is -6.59. The van der Waals surface area contributed by atoms with Gasteiger partial charge in [0.1, 0.15) is 60.1 Å². The third-order valence-electron chi connectivity index (χ3n) is 14.7. The third kappa shape index (κ3) is 18.5. The molecule has 0 unspecified atom stereocenters. The van der Waals surface area contributed by atoms with Crippen LogP contribution in [0.3, 0.4) is 0 Å². The number of aromatic hydroxyl groups is 1. The highest BCUT2D eigenvalue weighted by Crippen LogP contribution is 2.27. The summed E-state index contributed by atoms with van der Waals surface area (Å²) in [6.45, 7) is 10.5. The Hall–Kier alpha value is -6.54. The number of carbonyl (C=O) groups is 11. The van der Waals surface area contributed by atoms with Crippen LogP contribution in [0.1, 0.15) is 118 Å². The highest BCUT2D eigenvalue weighted by atomic mass is 32.2. The lowest BCUT2D eigenvalue weighted by atomic mass is 9.97. The van der Waals surface area contributed by atoms with E-state index in [0.717, 1.165) is 0 Å². The van der Waals surface area contributed by atoms with E-state index in [0.29, 0.717) is 37.0 Å². The summed E-state index contributed by atoms with van der Waals surface area (Å²) in [7, 11) is 0. The van der Waals surface area contributed by atoms with Crippen LogP contribution in [0, 0.1) is 11.8 Å². The van der Waals surface area contributed by atoms with E-state index in [1.807, 2.05) is 27.7 Å². The highest BCUT2D eigenvalue weighted by Gasteiger charge is 2.45. The summed E-state index contributed by atoms with van der Waals surface area (Å²) in [6.07, 6.45) is 1.80. The zero-order valence-electron chi connectivity index (χ0n) is 46.2. The van der Waals surface area contributed by atoms with Gasteiger partial charge < -0.3 is 72.8 Å². The van der Waals surface area contributed by atoms with Crippen LogP contribution >= 0.6 is 11.8 Å². The van der Waals surface area contributed by atoms with Crippen molar-refractivity contribution in [2.24, 2.45) is 17.6 Å². The summed E-state index contributed by atoms with van der Waals surface area (Å²) < 4.78 is 0. The first kappa shape index (κ1) is 65.0. The van der Waals surface area contributed by atoms with Crippen molar-refractivity contribution in [3.05, 3.63) is 29.8 Å². The largest absolute Gasteiger partial charge is 0.508 e. The van der Waals surface area contributed by atoms with Gasteiger partial charge in [0.25, 0.3) is 0 Å². The lowest BCUT2D eigenvalue weighted by molar-refractivity contribution is -0.148. The number of carboxylic acids is 2. The maximum absolute atomic E-state index is 14.4. The SMILES string of the molecule is CC[C@H](C)[C@H](N)C(=O)N[C@@H](CC(C)C)C(=O)N1CCC[C@H]1C(=O)N[C@H](C(=O)N[C@@H](C)C(=O)N1CCC[C@H]1C(=O)N1CCC[C@H]1C(=O)N[C@@H](CCC(=O)O)C(=O)N[C@@H](Cc1ccc(O)cc1)C(=O)N[C@@H](CCSC)C(=O)O)[C@@H](C)O. The normalized spacial score (nSPS) is 20.6.